The first kappa shape index (κ1) is 10.8. The van der Waals surface area contributed by atoms with Crippen LogP contribution in [0.3, 0.4) is 0 Å². The van der Waals surface area contributed by atoms with Gasteiger partial charge in [0.1, 0.15) is 12.4 Å². The number of rotatable bonds is 3. The van der Waals surface area contributed by atoms with E-state index in [1.807, 2.05) is 55.6 Å². The maximum atomic E-state index is 5.64. The maximum absolute atomic E-state index is 5.64. The van der Waals surface area contributed by atoms with E-state index in [-0.39, 0.29) is 0 Å². The van der Waals surface area contributed by atoms with Gasteiger partial charge in [-0.3, -0.25) is 0 Å². The lowest BCUT2D eigenvalue weighted by Gasteiger charge is -2.03. The van der Waals surface area contributed by atoms with Crippen molar-refractivity contribution < 1.29 is 4.74 Å². The molecule has 2 aromatic heterocycles. The highest BCUT2D eigenvalue weighted by Crippen LogP contribution is 2.13. The fraction of sp³-hybridized carbons (Fsp3) is 0.143. The summed E-state index contributed by atoms with van der Waals surface area (Å²) in [4.78, 5) is 4.37. The highest BCUT2D eigenvalue weighted by Gasteiger charge is 2.03. The van der Waals surface area contributed by atoms with Crippen molar-refractivity contribution in [3.8, 4) is 5.75 Å². The first-order valence-electron chi connectivity index (χ1n) is 5.81. The molecule has 0 saturated carbocycles. The Hall–Kier alpha value is -2.36. The van der Waals surface area contributed by atoms with Gasteiger partial charge in [-0.05, 0) is 31.2 Å². The molecule has 0 bridgehead atoms. The summed E-state index contributed by atoms with van der Waals surface area (Å²) in [6.45, 7) is 2.43. The number of hydrogen-bond donors (Lipinski definition) is 0. The van der Waals surface area contributed by atoms with Crippen molar-refractivity contribution in [2.75, 3.05) is 0 Å². The molecule has 90 valence electrons. The van der Waals surface area contributed by atoms with Crippen LogP contribution in [0.2, 0.25) is 0 Å². The molecule has 0 aliphatic carbocycles. The standard InChI is InChI=1S/C14H13N3O/c1-11-5-7-12(8-6-11)18-10-13-15-14-4-2-3-9-17(14)16-13/h2-9H,10H2,1H3. The third kappa shape index (κ3) is 2.18. The number of fused-ring (bicyclic) bond motifs is 1. The van der Waals surface area contributed by atoms with Crippen molar-refractivity contribution in [3.63, 3.8) is 0 Å². The second-order valence-corrected chi connectivity index (χ2v) is 4.13. The van der Waals surface area contributed by atoms with Crippen LogP contribution in [-0.4, -0.2) is 14.6 Å². The average Bonchev–Trinajstić information content (AvgIpc) is 2.81. The zero-order chi connectivity index (χ0) is 12.4. The predicted molar refractivity (Wildman–Crippen MR) is 68.5 cm³/mol. The van der Waals surface area contributed by atoms with Crippen LogP contribution in [0, 0.1) is 6.92 Å². The van der Waals surface area contributed by atoms with Crippen LogP contribution in [0.4, 0.5) is 0 Å². The van der Waals surface area contributed by atoms with Gasteiger partial charge in [0, 0.05) is 6.20 Å². The molecule has 0 aliphatic rings. The van der Waals surface area contributed by atoms with Gasteiger partial charge in [0.2, 0.25) is 0 Å². The van der Waals surface area contributed by atoms with Crippen molar-refractivity contribution >= 4 is 5.65 Å². The number of benzene rings is 1. The van der Waals surface area contributed by atoms with E-state index in [1.54, 1.807) is 4.52 Å². The van der Waals surface area contributed by atoms with E-state index in [1.165, 1.54) is 5.56 Å². The molecule has 0 radical (unpaired) electrons. The molecule has 3 rings (SSSR count). The molecule has 0 unspecified atom stereocenters. The van der Waals surface area contributed by atoms with E-state index in [4.69, 9.17) is 4.74 Å². The first-order valence-corrected chi connectivity index (χ1v) is 5.81. The highest BCUT2D eigenvalue weighted by atomic mass is 16.5. The molecule has 0 saturated heterocycles. The Morgan fingerprint density at radius 3 is 2.72 bits per heavy atom. The summed E-state index contributed by atoms with van der Waals surface area (Å²) in [6, 6.07) is 13.7. The van der Waals surface area contributed by atoms with E-state index >= 15 is 0 Å². The SMILES string of the molecule is Cc1ccc(OCc2nc3ccccn3n2)cc1. The summed E-state index contributed by atoms with van der Waals surface area (Å²) in [5.74, 6) is 1.52. The number of ether oxygens (including phenoxy) is 1. The highest BCUT2D eigenvalue weighted by molar-refractivity contribution is 5.36. The largest absolute Gasteiger partial charge is 0.486 e. The van der Waals surface area contributed by atoms with E-state index in [9.17, 15) is 0 Å². The van der Waals surface area contributed by atoms with Gasteiger partial charge in [0.25, 0.3) is 0 Å². The smallest absolute Gasteiger partial charge is 0.189 e. The lowest BCUT2D eigenvalue weighted by Crippen LogP contribution is -1.98. The first-order chi connectivity index (χ1) is 8.81. The van der Waals surface area contributed by atoms with Gasteiger partial charge in [-0.2, -0.15) is 0 Å². The van der Waals surface area contributed by atoms with Crippen LogP contribution in [0.1, 0.15) is 11.4 Å². The predicted octanol–water partition coefficient (Wildman–Crippen LogP) is 2.62. The molecule has 0 aliphatic heterocycles. The Morgan fingerprint density at radius 1 is 1.11 bits per heavy atom. The maximum Gasteiger partial charge on any atom is 0.189 e. The van der Waals surface area contributed by atoms with Gasteiger partial charge >= 0.3 is 0 Å². The molecule has 4 heteroatoms. The lowest BCUT2D eigenvalue weighted by molar-refractivity contribution is 0.296. The molecular formula is C14H13N3O. The molecule has 3 aromatic rings. The average molecular weight is 239 g/mol. The number of aryl methyl sites for hydroxylation is 1. The van der Waals surface area contributed by atoms with Crippen molar-refractivity contribution in [1.82, 2.24) is 14.6 Å². The summed E-state index contributed by atoms with van der Waals surface area (Å²) < 4.78 is 7.38. The van der Waals surface area contributed by atoms with E-state index in [0.29, 0.717) is 12.4 Å². The molecule has 0 N–H and O–H groups in total. The van der Waals surface area contributed by atoms with Gasteiger partial charge in [0.05, 0.1) is 0 Å². The molecule has 0 atom stereocenters. The summed E-state index contributed by atoms with van der Waals surface area (Å²) in [5.41, 5.74) is 2.05. The van der Waals surface area contributed by atoms with Crippen molar-refractivity contribution in [1.29, 1.82) is 0 Å². The van der Waals surface area contributed by atoms with Crippen molar-refractivity contribution in [3.05, 3.63) is 60.0 Å². The lowest BCUT2D eigenvalue weighted by atomic mass is 10.2. The van der Waals surface area contributed by atoms with Gasteiger partial charge in [0.15, 0.2) is 11.5 Å². The third-order valence-electron chi connectivity index (χ3n) is 2.67. The monoisotopic (exact) mass is 239 g/mol. The number of aromatic nitrogens is 3. The van der Waals surface area contributed by atoms with Crippen LogP contribution < -0.4 is 4.74 Å². The van der Waals surface area contributed by atoms with Crippen LogP contribution in [0.5, 0.6) is 5.75 Å². The van der Waals surface area contributed by atoms with Crippen molar-refractivity contribution in [2.45, 2.75) is 13.5 Å². The molecular weight excluding hydrogens is 226 g/mol. The number of nitrogens with zero attached hydrogens (tertiary/aromatic N) is 3. The Labute approximate surface area is 105 Å². The summed E-state index contributed by atoms with van der Waals surface area (Å²) >= 11 is 0. The molecule has 18 heavy (non-hydrogen) atoms. The van der Waals surface area contributed by atoms with Crippen LogP contribution in [-0.2, 0) is 6.61 Å². The summed E-state index contributed by atoms with van der Waals surface area (Å²) in [6.07, 6.45) is 1.87. The Morgan fingerprint density at radius 2 is 1.94 bits per heavy atom. The summed E-state index contributed by atoms with van der Waals surface area (Å²) in [7, 11) is 0. The molecule has 2 heterocycles. The third-order valence-corrected chi connectivity index (χ3v) is 2.67. The zero-order valence-corrected chi connectivity index (χ0v) is 10.1. The van der Waals surface area contributed by atoms with E-state index < -0.39 is 0 Å². The minimum Gasteiger partial charge on any atom is -0.486 e. The van der Waals surface area contributed by atoms with Crippen LogP contribution in [0.25, 0.3) is 5.65 Å². The van der Waals surface area contributed by atoms with Gasteiger partial charge in [-0.1, -0.05) is 23.8 Å². The van der Waals surface area contributed by atoms with E-state index in [0.717, 1.165) is 11.4 Å². The molecule has 0 amide bonds. The van der Waals surface area contributed by atoms with Gasteiger partial charge in [-0.15, -0.1) is 5.10 Å². The molecule has 1 aromatic carbocycles. The minimum atomic E-state index is 0.380. The second kappa shape index (κ2) is 4.49. The number of hydrogen-bond acceptors (Lipinski definition) is 3. The van der Waals surface area contributed by atoms with Gasteiger partial charge < -0.3 is 4.74 Å². The molecule has 0 spiro atoms. The minimum absolute atomic E-state index is 0.380. The normalized spacial score (nSPS) is 10.7. The Balaban J connectivity index is 1.74. The Kier molecular flexibility index (Phi) is 2.68. The quantitative estimate of drug-likeness (QED) is 0.705. The van der Waals surface area contributed by atoms with Crippen LogP contribution in [0.15, 0.2) is 48.7 Å². The molecule has 0 fully saturated rings. The topological polar surface area (TPSA) is 39.4 Å². The fourth-order valence-corrected chi connectivity index (χ4v) is 1.72. The number of pyridine rings is 1. The molecule has 4 nitrogen and oxygen atoms in total. The van der Waals surface area contributed by atoms with Gasteiger partial charge in [-0.25, -0.2) is 9.50 Å². The second-order valence-electron chi connectivity index (χ2n) is 4.13. The van der Waals surface area contributed by atoms with Crippen LogP contribution >= 0.6 is 0 Å². The Bertz CT molecular complexity index is 625. The fourth-order valence-electron chi connectivity index (χ4n) is 1.72. The van der Waals surface area contributed by atoms with E-state index in [2.05, 4.69) is 10.1 Å². The zero-order valence-electron chi connectivity index (χ0n) is 10.1. The summed E-state index contributed by atoms with van der Waals surface area (Å²) in [5, 5.41) is 4.33. The van der Waals surface area contributed by atoms with Crippen molar-refractivity contribution in [2.24, 2.45) is 0 Å².